The van der Waals surface area contributed by atoms with Crippen molar-refractivity contribution >= 4 is 11.8 Å². The van der Waals surface area contributed by atoms with Crippen LogP contribution in [0.3, 0.4) is 0 Å². The van der Waals surface area contributed by atoms with Crippen molar-refractivity contribution in [2.45, 2.75) is 25.9 Å². The predicted octanol–water partition coefficient (Wildman–Crippen LogP) is -0.872. The zero-order valence-corrected chi connectivity index (χ0v) is 11.9. The first kappa shape index (κ1) is 14.5. The number of nitrogens with one attached hydrogen (secondary N) is 2. The lowest BCUT2D eigenvalue weighted by atomic mass is 10.2. The van der Waals surface area contributed by atoms with E-state index in [1.54, 1.807) is 18.1 Å². The Bertz CT molecular complexity index is 485. The number of likely N-dealkylation sites (N-methyl/N-ethyl adjacent to an activating group) is 1. The Balaban J connectivity index is 1.86. The molecule has 1 aromatic heterocycles. The molecule has 0 spiro atoms. The average Bonchev–Trinajstić information content (AvgIpc) is 2.89. The Kier molecular flexibility index (Phi) is 4.73. The van der Waals surface area contributed by atoms with Crippen molar-refractivity contribution in [3.05, 3.63) is 18.2 Å². The van der Waals surface area contributed by atoms with Gasteiger partial charge in [0, 0.05) is 52.0 Å². The smallest absolute Gasteiger partial charge is 0.238 e. The molecule has 0 aromatic carbocycles. The Hall–Kier alpha value is -1.89. The molecule has 1 atom stereocenters. The van der Waals surface area contributed by atoms with Crippen LogP contribution in [0.15, 0.2) is 12.4 Å². The van der Waals surface area contributed by atoms with Crippen LogP contribution in [0, 0.1) is 6.92 Å². The van der Waals surface area contributed by atoms with E-state index in [1.807, 2.05) is 17.7 Å². The molecule has 7 nitrogen and oxygen atoms in total. The summed E-state index contributed by atoms with van der Waals surface area (Å²) in [5.41, 5.74) is 0. The molecule has 0 saturated carbocycles. The lowest BCUT2D eigenvalue weighted by Gasteiger charge is -2.32. The summed E-state index contributed by atoms with van der Waals surface area (Å²) in [6.07, 6.45) is 4.03. The van der Waals surface area contributed by atoms with Crippen molar-refractivity contribution in [2.75, 3.05) is 26.7 Å². The van der Waals surface area contributed by atoms with E-state index in [0.717, 1.165) is 5.82 Å². The summed E-state index contributed by atoms with van der Waals surface area (Å²) in [6, 6.07) is -0.312. The zero-order valence-electron chi connectivity index (χ0n) is 11.9. The number of hydrogen-bond donors (Lipinski definition) is 2. The summed E-state index contributed by atoms with van der Waals surface area (Å²) in [4.78, 5) is 29.7. The monoisotopic (exact) mass is 279 g/mol. The van der Waals surface area contributed by atoms with Crippen molar-refractivity contribution < 1.29 is 9.59 Å². The van der Waals surface area contributed by atoms with Gasteiger partial charge in [-0.15, -0.1) is 0 Å². The van der Waals surface area contributed by atoms with Gasteiger partial charge in [0.2, 0.25) is 11.8 Å². The lowest BCUT2D eigenvalue weighted by molar-refractivity contribution is -0.134. The summed E-state index contributed by atoms with van der Waals surface area (Å²) in [6.45, 7) is 4.26. The van der Waals surface area contributed by atoms with Crippen LogP contribution in [0.5, 0.6) is 0 Å². The molecule has 1 aliphatic heterocycles. The molecular formula is C13H21N5O2. The van der Waals surface area contributed by atoms with E-state index >= 15 is 0 Å². The first-order chi connectivity index (χ1) is 9.61. The second kappa shape index (κ2) is 6.51. The fraction of sp³-hybridized carbons (Fsp3) is 0.615. The summed E-state index contributed by atoms with van der Waals surface area (Å²) in [5, 5.41) is 5.72. The summed E-state index contributed by atoms with van der Waals surface area (Å²) in [7, 11) is 1.60. The van der Waals surface area contributed by atoms with Gasteiger partial charge in [-0.05, 0) is 6.92 Å². The third-order valence-corrected chi connectivity index (χ3v) is 3.58. The first-order valence-corrected chi connectivity index (χ1v) is 6.82. The fourth-order valence-electron chi connectivity index (χ4n) is 2.34. The molecule has 0 bridgehead atoms. The number of hydrogen-bond acceptors (Lipinski definition) is 4. The molecule has 2 heterocycles. The van der Waals surface area contributed by atoms with E-state index < -0.39 is 0 Å². The van der Waals surface area contributed by atoms with E-state index in [0.29, 0.717) is 32.6 Å². The minimum Gasteiger partial charge on any atom is -0.358 e. The number of carbonyl (C=O) groups excluding carboxylic acids is 2. The van der Waals surface area contributed by atoms with Crippen LogP contribution in [0.25, 0.3) is 0 Å². The van der Waals surface area contributed by atoms with E-state index in [9.17, 15) is 9.59 Å². The van der Waals surface area contributed by atoms with E-state index in [2.05, 4.69) is 15.6 Å². The van der Waals surface area contributed by atoms with Gasteiger partial charge in [0.15, 0.2) is 0 Å². The highest BCUT2D eigenvalue weighted by Crippen LogP contribution is 2.05. The zero-order chi connectivity index (χ0) is 14.5. The summed E-state index contributed by atoms with van der Waals surface area (Å²) < 4.78 is 1.95. The van der Waals surface area contributed by atoms with Crippen LogP contribution < -0.4 is 10.6 Å². The number of aromatic nitrogens is 2. The molecule has 0 unspecified atom stereocenters. The van der Waals surface area contributed by atoms with Gasteiger partial charge in [-0.25, -0.2) is 4.98 Å². The topological polar surface area (TPSA) is 79.3 Å². The maximum atomic E-state index is 12.2. The molecule has 2 rings (SSSR count). The Labute approximate surface area is 118 Å². The minimum atomic E-state index is -0.312. The van der Waals surface area contributed by atoms with Gasteiger partial charge < -0.3 is 20.1 Å². The highest BCUT2D eigenvalue weighted by atomic mass is 16.2. The Morgan fingerprint density at radius 2 is 2.35 bits per heavy atom. The number of piperazine rings is 1. The predicted molar refractivity (Wildman–Crippen MR) is 74.0 cm³/mol. The van der Waals surface area contributed by atoms with E-state index in [-0.39, 0.29) is 17.9 Å². The van der Waals surface area contributed by atoms with Gasteiger partial charge in [-0.3, -0.25) is 9.59 Å². The molecule has 1 aliphatic rings. The molecule has 7 heteroatoms. The normalized spacial score (nSPS) is 18.9. The maximum absolute atomic E-state index is 12.2. The third kappa shape index (κ3) is 3.36. The van der Waals surface area contributed by atoms with Crippen LogP contribution >= 0.6 is 0 Å². The molecule has 1 aromatic rings. The van der Waals surface area contributed by atoms with Crippen molar-refractivity contribution in [1.82, 2.24) is 25.1 Å². The molecule has 1 saturated heterocycles. The van der Waals surface area contributed by atoms with Gasteiger partial charge in [0.25, 0.3) is 0 Å². The average molecular weight is 279 g/mol. The Morgan fingerprint density at radius 3 is 3.00 bits per heavy atom. The van der Waals surface area contributed by atoms with Crippen molar-refractivity contribution in [1.29, 1.82) is 0 Å². The second-order valence-electron chi connectivity index (χ2n) is 4.88. The first-order valence-electron chi connectivity index (χ1n) is 6.82. The van der Waals surface area contributed by atoms with Crippen LogP contribution in [0.1, 0.15) is 12.2 Å². The number of carbonyl (C=O) groups is 2. The Morgan fingerprint density at radius 1 is 1.55 bits per heavy atom. The quantitative estimate of drug-likeness (QED) is 0.751. The van der Waals surface area contributed by atoms with Gasteiger partial charge in [-0.2, -0.15) is 0 Å². The number of amides is 2. The van der Waals surface area contributed by atoms with Crippen molar-refractivity contribution in [2.24, 2.45) is 0 Å². The molecule has 110 valence electrons. The lowest BCUT2D eigenvalue weighted by Crippen LogP contribution is -2.58. The fourth-order valence-corrected chi connectivity index (χ4v) is 2.34. The SMILES string of the molecule is CNC(=O)[C@H]1CN(C(=O)CCn2ccnc2C)CCN1. The summed E-state index contributed by atoms with van der Waals surface area (Å²) >= 11 is 0. The van der Waals surface area contributed by atoms with E-state index in [1.165, 1.54) is 0 Å². The van der Waals surface area contributed by atoms with Crippen LogP contribution in [-0.4, -0.2) is 59.0 Å². The number of imidazole rings is 1. The molecule has 0 aliphatic carbocycles. The van der Waals surface area contributed by atoms with Crippen LogP contribution in [0.2, 0.25) is 0 Å². The molecular weight excluding hydrogens is 258 g/mol. The second-order valence-corrected chi connectivity index (χ2v) is 4.88. The number of rotatable bonds is 4. The molecule has 2 N–H and O–H groups in total. The maximum Gasteiger partial charge on any atom is 0.238 e. The highest BCUT2D eigenvalue weighted by molar-refractivity contribution is 5.83. The highest BCUT2D eigenvalue weighted by Gasteiger charge is 2.27. The summed E-state index contributed by atoms with van der Waals surface area (Å²) in [5.74, 6) is 0.905. The molecule has 0 radical (unpaired) electrons. The standard InChI is InChI=1S/C13H21N5O2/c1-10-15-4-7-17(10)6-3-12(19)18-8-5-16-11(9-18)13(20)14-2/h4,7,11,16H,3,5-6,8-9H2,1-2H3,(H,14,20)/t11-/m1/s1. The van der Waals surface area contributed by atoms with Crippen LogP contribution in [-0.2, 0) is 16.1 Å². The number of nitrogens with zero attached hydrogens (tertiary/aromatic N) is 3. The largest absolute Gasteiger partial charge is 0.358 e. The van der Waals surface area contributed by atoms with Gasteiger partial charge in [0.1, 0.15) is 11.9 Å². The minimum absolute atomic E-state index is 0.0760. The van der Waals surface area contributed by atoms with Crippen molar-refractivity contribution in [3.63, 3.8) is 0 Å². The number of aryl methyl sites for hydroxylation is 2. The molecule has 20 heavy (non-hydrogen) atoms. The molecule has 1 fully saturated rings. The van der Waals surface area contributed by atoms with Crippen LogP contribution in [0.4, 0.5) is 0 Å². The van der Waals surface area contributed by atoms with E-state index in [4.69, 9.17) is 0 Å². The molecule has 2 amide bonds. The van der Waals surface area contributed by atoms with Gasteiger partial charge in [0.05, 0.1) is 0 Å². The third-order valence-electron chi connectivity index (χ3n) is 3.58. The van der Waals surface area contributed by atoms with Gasteiger partial charge >= 0.3 is 0 Å². The van der Waals surface area contributed by atoms with Crippen molar-refractivity contribution in [3.8, 4) is 0 Å². The van der Waals surface area contributed by atoms with Gasteiger partial charge in [-0.1, -0.05) is 0 Å².